The van der Waals surface area contributed by atoms with Crippen molar-refractivity contribution < 1.29 is 4.79 Å². The van der Waals surface area contributed by atoms with Crippen molar-refractivity contribution in [2.45, 2.75) is 32.1 Å². The first-order chi connectivity index (χ1) is 9.47. The van der Waals surface area contributed by atoms with Gasteiger partial charge in [-0.1, -0.05) is 19.9 Å². The van der Waals surface area contributed by atoms with Gasteiger partial charge < -0.3 is 10.6 Å². The SMILES string of the molecule is Cc1c(N)cccc1SCC(=O)N1CC(C)CC(C)C1. The number of hydrogen-bond donors (Lipinski definition) is 1. The van der Waals surface area contributed by atoms with Gasteiger partial charge in [0.15, 0.2) is 0 Å². The zero-order chi connectivity index (χ0) is 14.7. The molecule has 0 saturated carbocycles. The van der Waals surface area contributed by atoms with E-state index in [0.717, 1.165) is 29.2 Å². The largest absolute Gasteiger partial charge is 0.398 e. The fourth-order valence-corrected chi connectivity index (χ4v) is 3.86. The summed E-state index contributed by atoms with van der Waals surface area (Å²) in [6.45, 7) is 8.27. The number of amides is 1. The summed E-state index contributed by atoms with van der Waals surface area (Å²) in [6.07, 6.45) is 1.23. The van der Waals surface area contributed by atoms with E-state index < -0.39 is 0 Å². The van der Waals surface area contributed by atoms with Crippen molar-refractivity contribution in [3.63, 3.8) is 0 Å². The second-order valence-corrected chi connectivity index (χ2v) is 7.02. The average Bonchev–Trinajstić information content (AvgIpc) is 2.39. The van der Waals surface area contributed by atoms with Gasteiger partial charge in [-0.05, 0) is 42.9 Å². The Morgan fingerprint density at radius 3 is 2.65 bits per heavy atom. The lowest BCUT2D eigenvalue weighted by atomic mass is 9.92. The van der Waals surface area contributed by atoms with Crippen molar-refractivity contribution in [3.05, 3.63) is 23.8 Å². The summed E-state index contributed by atoms with van der Waals surface area (Å²) >= 11 is 1.59. The molecule has 1 aliphatic rings. The molecule has 110 valence electrons. The monoisotopic (exact) mass is 292 g/mol. The molecule has 3 nitrogen and oxygen atoms in total. The standard InChI is InChI=1S/C16H24N2OS/c1-11-7-12(2)9-18(8-11)16(19)10-20-15-6-4-5-14(17)13(15)3/h4-6,11-12H,7-10,17H2,1-3H3. The highest BCUT2D eigenvalue weighted by molar-refractivity contribution is 8.00. The van der Waals surface area contributed by atoms with Gasteiger partial charge in [0.25, 0.3) is 0 Å². The molecule has 1 amide bonds. The highest BCUT2D eigenvalue weighted by Gasteiger charge is 2.25. The molecular formula is C16H24N2OS. The number of thioether (sulfide) groups is 1. The topological polar surface area (TPSA) is 46.3 Å². The number of nitrogens with zero attached hydrogens (tertiary/aromatic N) is 1. The minimum Gasteiger partial charge on any atom is -0.398 e. The van der Waals surface area contributed by atoms with Crippen molar-refractivity contribution >= 4 is 23.4 Å². The molecule has 2 N–H and O–H groups in total. The summed E-state index contributed by atoms with van der Waals surface area (Å²) in [7, 11) is 0. The fraction of sp³-hybridized carbons (Fsp3) is 0.562. The van der Waals surface area contributed by atoms with Gasteiger partial charge in [-0.3, -0.25) is 4.79 Å². The van der Waals surface area contributed by atoms with E-state index >= 15 is 0 Å². The Bertz CT molecular complexity index is 479. The second kappa shape index (κ2) is 6.53. The van der Waals surface area contributed by atoms with Gasteiger partial charge >= 0.3 is 0 Å². The molecule has 2 rings (SSSR count). The Morgan fingerprint density at radius 1 is 1.35 bits per heavy atom. The number of anilines is 1. The normalized spacial score (nSPS) is 22.9. The number of carbonyl (C=O) groups is 1. The predicted octanol–water partition coefficient (Wildman–Crippen LogP) is 3.17. The van der Waals surface area contributed by atoms with Gasteiger partial charge in [0.2, 0.25) is 5.91 Å². The number of nitrogen functional groups attached to an aromatic ring is 1. The molecule has 1 fully saturated rings. The van der Waals surface area contributed by atoms with E-state index in [4.69, 9.17) is 5.73 Å². The lowest BCUT2D eigenvalue weighted by Crippen LogP contribution is -2.43. The number of hydrogen-bond acceptors (Lipinski definition) is 3. The van der Waals surface area contributed by atoms with Crippen LogP contribution in [-0.2, 0) is 4.79 Å². The number of likely N-dealkylation sites (tertiary alicyclic amines) is 1. The van der Waals surface area contributed by atoms with Gasteiger partial charge in [0.1, 0.15) is 0 Å². The van der Waals surface area contributed by atoms with Crippen molar-refractivity contribution in [1.82, 2.24) is 4.90 Å². The van der Waals surface area contributed by atoms with Crippen molar-refractivity contribution in [2.24, 2.45) is 11.8 Å². The van der Waals surface area contributed by atoms with E-state index in [2.05, 4.69) is 13.8 Å². The minimum atomic E-state index is 0.246. The van der Waals surface area contributed by atoms with Crippen LogP contribution in [0.25, 0.3) is 0 Å². The summed E-state index contributed by atoms with van der Waals surface area (Å²) in [4.78, 5) is 15.5. The summed E-state index contributed by atoms with van der Waals surface area (Å²) in [5.41, 5.74) is 7.77. The first kappa shape index (κ1) is 15.2. The smallest absolute Gasteiger partial charge is 0.232 e. The van der Waals surface area contributed by atoms with Crippen LogP contribution in [0.15, 0.2) is 23.1 Å². The molecule has 0 aliphatic carbocycles. The third-order valence-electron chi connectivity index (χ3n) is 3.90. The van der Waals surface area contributed by atoms with E-state index in [9.17, 15) is 4.79 Å². The number of benzene rings is 1. The van der Waals surface area contributed by atoms with Gasteiger partial charge in [-0.15, -0.1) is 11.8 Å². The maximum Gasteiger partial charge on any atom is 0.232 e. The van der Waals surface area contributed by atoms with Gasteiger partial charge in [-0.25, -0.2) is 0 Å². The molecule has 1 aliphatic heterocycles. The highest BCUT2D eigenvalue weighted by atomic mass is 32.2. The Hall–Kier alpha value is -1.16. The number of rotatable bonds is 3. The molecule has 2 unspecified atom stereocenters. The fourth-order valence-electron chi connectivity index (χ4n) is 2.89. The number of piperidine rings is 1. The average molecular weight is 292 g/mol. The van der Waals surface area contributed by atoms with Crippen molar-refractivity contribution in [2.75, 3.05) is 24.6 Å². The maximum absolute atomic E-state index is 12.3. The Labute approximate surface area is 125 Å². The lowest BCUT2D eigenvalue weighted by Gasteiger charge is -2.35. The Morgan fingerprint density at radius 2 is 2.00 bits per heavy atom. The summed E-state index contributed by atoms with van der Waals surface area (Å²) in [5, 5.41) is 0. The van der Waals surface area contributed by atoms with E-state index in [1.54, 1.807) is 11.8 Å². The van der Waals surface area contributed by atoms with Crippen LogP contribution < -0.4 is 5.73 Å². The van der Waals surface area contributed by atoms with Gasteiger partial charge in [-0.2, -0.15) is 0 Å². The quantitative estimate of drug-likeness (QED) is 0.687. The molecule has 0 radical (unpaired) electrons. The molecule has 0 bridgehead atoms. The minimum absolute atomic E-state index is 0.246. The first-order valence-electron chi connectivity index (χ1n) is 7.23. The Balaban J connectivity index is 1.93. The van der Waals surface area contributed by atoms with Crippen LogP contribution in [-0.4, -0.2) is 29.6 Å². The van der Waals surface area contributed by atoms with Crippen LogP contribution in [0.5, 0.6) is 0 Å². The van der Waals surface area contributed by atoms with Crippen LogP contribution >= 0.6 is 11.8 Å². The van der Waals surface area contributed by atoms with Gasteiger partial charge in [0, 0.05) is 23.7 Å². The molecule has 20 heavy (non-hydrogen) atoms. The Kier molecular flexibility index (Phi) is 4.97. The van der Waals surface area contributed by atoms with Crippen molar-refractivity contribution in [3.8, 4) is 0 Å². The summed E-state index contributed by atoms with van der Waals surface area (Å²) < 4.78 is 0. The molecule has 1 aromatic carbocycles. The molecule has 1 saturated heterocycles. The van der Waals surface area contributed by atoms with Gasteiger partial charge in [0.05, 0.1) is 5.75 Å². The van der Waals surface area contributed by atoms with Crippen LogP contribution in [0.3, 0.4) is 0 Å². The number of carbonyl (C=O) groups excluding carboxylic acids is 1. The molecule has 0 aromatic heterocycles. The van der Waals surface area contributed by atoms with Crippen LogP contribution in [0.2, 0.25) is 0 Å². The van der Waals surface area contributed by atoms with E-state index in [1.807, 2.05) is 30.0 Å². The summed E-state index contributed by atoms with van der Waals surface area (Å²) in [6, 6.07) is 5.88. The molecular weight excluding hydrogens is 268 g/mol. The third kappa shape index (κ3) is 3.69. The first-order valence-corrected chi connectivity index (χ1v) is 8.21. The third-order valence-corrected chi connectivity index (χ3v) is 5.04. The summed E-state index contributed by atoms with van der Waals surface area (Å²) in [5.74, 6) is 1.97. The van der Waals surface area contributed by atoms with Crippen LogP contribution in [0.1, 0.15) is 25.8 Å². The highest BCUT2D eigenvalue weighted by Crippen LogP contribution is 2.27. The predicted molar refractivity (Wildman–Crippen MR) is 85.8 cm³/mol. The van der Waals surface area contributed by atoms with Crippen LogP contribution in [0, 0.1) is 18.8 Å². The van der Waals surface area contributed by atoms with E-state index in [0.29, 0.717) is 17.6 Å². The molecule has 2 atom stereocenters. The molecule has 1 heterocycles. The maximum atomic E-state index is 12.3. The molecule has 0 spiro atoms. The second-order valence-electron chi connectivity index (χ2n) is 6.00. The zero-order valence-electron chi connectivity index (χ0n) is 12.6. The van der Waals surface area contributed by atoms with Crippen molar-refractivity contribution in [1.29, 1.82) is 0 Å². The van der Waals surface area contributed by atoms with E-state index in [1.165, 1.54) is 6.42 Å². The van der Waals surface area contributed by atoms with Crippen LogP contribution in [0.4, 0.5) is 5.69 Å². The molecule has 1 aromatic rings. The lowest BCUT2D eigenvalue weighted by molar-refractivity contribution is -0.130. The number of nitrogens with two attached hydrogens (primary N) is 1. The van der Waals surface area contributed by atoms with E-state index in [-0.39, 0.29) is 5.91 Å². The molecule has 4 heteroatoms. The zero-order valence-corrected chi connectivity index (χ0v) is 13.4.